The molecule has 2 rings (SSSR count). The van der Waals surface area contributed by atoms with Gasteiger partial charge in [-0.1, -0.05) is 25.1 Å². The topological polar surface area (TPSA) is 47.0 Å². The van der Waals surface area contributed by atoms with Gasteiger partial charge in [0.25, 0.3) is 0 Å². The summed E-state index contributed by atoms with van der Waals surface area (Å²) in [5, 5.41) is 3.06. The van der Waals surface area contributed by atoms with Crippen LogP contribution in [0.15, 0.2) is 30.6 Å². The minimum atomic E-state index is 0.617. The summed E-state index contributed by atoms with van der Waals surface area (Å²) in [4.78, 5) is 8.41. The standard InChI is InChI=1S/C14H17N3O/c1-4-11-13(15-3)16-9-17-14(11)18-12-8-6-5-7-10(12)2/h5-9H,4H2,1-3H3,(H,15,16,17). The summed E-state index contributed by atoms with van der Waals surface area (Å²) in [6, 6.07) is 7.90. The van der Waals surface area contributed by atoms with Crippen molar-refractivity contribution in [1.29, 1.82) is 0 Å². The lowest BCUT2D eigenvalue weighted by Crippen LogP contribution is -2.02. The van der Waals surface area contributed by atoms with Gasteiger partial charge in [0.05, 0.1) is 5.56 Å². The maximum Gasteiger partial charge on any atom is 0.227 e. The average Bonchev–Trinajstić information content (AvgIpc) is 2.41. The number of nitrogens with zero attached hydrogens (tertiary/aromatic N) is 2. The lowest BCUT2D eigenvalue weighted by Gasteiger charge is -2.12. The predicted molar refractivity (Wildman–Crippen MR) is 72.2 cm³/mol. The fraction of sp³-hybridized carbons (Fsp3) is 0.286. The van der Waals surface area contributed by atoms with Crippen LogP contribution in [0.5, 0.6) is 11.6 Å². The first kappa shape index (κ1) is 12.4. The first-order chi connectivity index (χ1) is 8.76. The summed E-state index contributed by atoms with van der Waals surface area (Å²) < 4.78 is 5.88. The lowest BCUT2D eigenvalue weighted by atomic mass is 10.2. The summed E-state index contributed by atoms with van der Waals surface area (Å²) in [5.41, 5.74) is 2.08. The molecule has 0 saturated heterocycles. The molecule has 4 heteroatoms. The number of hydrogen-bond donors (Lipinski definition) is 1. The molecule has 0 aliphatic rings. The van der Waals surface area contributed by atoms with E-state index in [4.69, 9.17) is 4.74 Å². The highest BCUT2D eigenvalue weighted by Crippen LogP contribution is 2.28. The van der Waals surface area contributed by atoms with Gasteiger partial charge in [-0.05, 0) is 25.0 Å². The van der Waals surface area contributed by atoms with E-state index in [1.807, 2.05) is 38.2 Å². The third-order valence-corrected chi connectivity index (χ3v) is 2.80. The fourth-order valence-corrected chi connectivity index (χ4v) is 1.79. The molecule has 0 aliphatic carbocycles. The molecular formula is C14H17N3O. The molecule has 0 spiro atoms. The van der Waals surface area contributed by atoms with Crippen LogP contribution in [0.2, 0.25) is 0 Å². The van der Waals surface area contributed by atoms with E-state index in [1.165, 1.54) is 6.33 Å². The third-order valence-electron chi connectivity index (χ3n) is 2.80. The first-order valence-corrected chi connectivity index (χ1v) is 6.01. The molecule has 1 N–H and O–H groups in total. The van der Waals surface area contributed by atoms with Gasteiger partial charge in [0.2, 0.25) is 5.88 Å². The van der Waals surface area contributed by atoms with Gasteiger partial charge >= 0.3 is 0 Å². The Kier molecular flexibility index (Phi) is 3.77. The highest BCUT2D eigenvalue weighted by Gasteiger charge is 2.11. The number of para-hydroxylation sites is 1. The van der Waals surface area contributed by atoms with E-state index in [-0.39, 0.29) is 0 Å². The van der Waals surface area contributed by atoms with Crippen LogP contribution in [0.4, 0.5) is 5.82 Å². The van der Waals surface area contributed by atoms with Gasteiger partial charge < -0.3 is 10.1 Å². The van der Waals surface area contributed by atoms with E-state index >= 15 is 0 Å². The summed E-state index contributed by atoms with van der Waals surface area (Å²) in [6.45, 7) is 4.07. The minimum Gasteiger partial charge on any atom is -0.438 e. The Morgan fingerprint density at radius 1 is 1.22 bits per heavy atom. The van der Waals surface area contributed by atoms with Crippen LogP contribution in [-0.2, 0) is 6.42 Å². The molecule has 1 aromatic heterocycles. The summed E-state index contributed by atoms with van der Waals surface area (Å²) in [5.74, 6) is 2.26. The Hall–Kier alpha value is -2.10. The van der Waals surface area contributed by atoms with Crippen molar-refractivity contribution >= 4 is 5.82 Å². The molecular weight excluding hydrogens is 226 g/mol. The Morgan fingerprint density at radius 2 is 2.00 bits per heavy atom. The van der Waals surface area contributed by atoms with E-state index in [1.54, 1.807) is 0 Å². The van der Waals surface area contributed by atoms with Crippen molar-refractivity contribution in [3.8, 4) is 11.6 Å². The van der Waals surface area contributed by atoms with Crippen LogP contribution in [0, 0.1) is 6.92 Å². The second kappa shape index (κ2) is 5.49. The van der Waals surface area contributed by atoms with Crippen LogP contribution in [-0.4, -0.2) is 17.0 Å². The monoisotopic (exact) mass is 243 g/mol. The smallest absolute Gasteiger partial charge is 0.227 e. The van der Waals surface area contributed by atoms with Gasteiger partial charge in [-0.15, -0.1) is 0 Å². The number of ether oxygens (including phenoxy) is 1. The summed E-state index contributed by atoms with van der Waals surface area (Å²) in [6.07, 6.45) is 2.33. The highest BCUT2D eigenvalue weighted by atomic mass is 16.5. The molecule has 1 heterocycles. The zero-order valence-electron chi connectivity index (χ0n) is 10.9. The maximum atomic E-state index is 5.88. The normalized spacial score (nSPS) is 10.2. The Morgan fingerprint density at radius 3 is 2.67 bits per heavy atom. The van der Waals surface area contributed by atoms with Crippen LogP contribution in [0.25, 0.3) is 0 Å². The van der Waals surface area contributed by atoms with E-state index in [2.05, 4.69) is 22.2 Å². The molecule has 0 bridgehead atoms. The van der Waals surface area contributed by atoms with Crippen molar-refractivity contribution < 1.29 is 4.74 Å². The summed E-state index contributed by atoms with van der Waals surface area (Å²) in [7, 11) is 1.85. The number of nitrogens with one attached hydrogen (secondary N) is 1. The molecule has 1 aromatic carbocycles. The molecule has 0 radical (unpaired) electrons. The van der Waals surface area contributed by atoms with Gasteiger partial charge in [0.15, 0.2) is 0 Å². The third kappa shape index (κ3) is 2.42. The Labute approximate surface area is 107 Å². The van der Waals surface area contributed by atoms with Gasteiger partial charge in [0, 0.05) is 7.05 Å². The molecule has 0 saturated carbocycles. The zero-order valence-corrected chi connectivity index (χ0v) is 10.9. The molecule has 94 valence electrons. The van der Waals surface area contributed by atoms with Crippen LogP contribution >= 0.6 is 0 Å². The van der Waals surface area contributed by atoms with Crippen LogP contribution in [0.1, 0.15) is 18.1 Å². The molecule has 0 fully saturated rings. The maximum absolute atomic E-state index is 5.88. The molecule has 0 aliphatic heterocycles. The van der Waals surface area contributed by atoms with E-state index < -0.39 is 0 Å². The number of hydrogen-bond acceptors (Lipinski definition) is 4. The predicted octanol–water partition coefficient (Wildman–Crippen LogP) is 3.18. The molecule has 0 amide bonds. The van der Waals surface area contributed by atoms with Crippen molar-refractivity contribution in [1.82, 2.24) is 9.97 Å². The van der Waals surface area contributed by atoms with Crippen molar-refractivity contribution in [3.05, 3.63) is 41.7 Å². The largest absolute Gasteiger partial charge is 0.438 e. The Balaban J connectivity index is 2.37. The van der Waals surface area contributed by atoms with Crippen molar-refractivity contribution in [2.24, 2.45) is 0 Å². The molecule has 4 nitrogen and oxygen atoms in total. The molecule has 2 aromatic rings. The van der Waals surface area contributed by atoms with E-state index in [9.17, 15) is 0 Å². The van der Waals surface area contributed by atoms with Gasteiger partial charge in [0.1, 0.15) is 17.9 Å². The molecule has 0 unspecified atom stereocenters. The number of rotatable bonds is 4. The quantitative estimate of drug-likeness (QED) is 0.895. The molecule has 0 atom stereocenters. The van der Waals surface area contributed by atoms with Gasteiger partial charge in [-0.2, -0.15) is 0 Å². The number of aromatic nitrogens is 2. The zero-order chi connectivity index (χ0) is 13.0. The van der Waals surface area contributed by atoms with Crippen LogP contribution < -0.4 is 10.1 Å². The highest BCUT2D eigenvalue weighted by molar-refractivity contribution is 5.49. The SMILES string of the molecule is CCc1c(NC)ncnc1Oc1ccccc1C. The Bertz CT molecular complexity index is 540. The minimum absolute atomic E-state index is 0.617. The first-order valence-electron chi connectivity index (χ1n) is 6.01. The summed E-state index contributed by atoms with van der Waals surface area (Å²) >= 11 is 0. The number of aryl methyl sites for hydroxylation is 1. The molecule has 18 heavy (non-hydrogen) atoms. The number of benzene rings is 1. The lowest BCUT2D eigenvalue weighted by molar-refractivity contribution is 0.452. The average molecular weight is 243 g/mol. The van der Waals surface area contributed by atoms with Gasteiger partial charge in [-0.3, -0.25) is 0 Å². The van der Waals surface area contributed by atoms with Crippen molar-refractivity contribution in [2.75, 3.05) is 12.4 Å². The fourth-order valence-electron chi connectivity index (χ4n) is 1.79. The van der Waals surface area contributed by atoms with Crippen LogP contribution in [0.3, 0.4) is 0 Å². The second-order valence-electron chi connectivity index (χ2n) is 3.98. The second-order valence-corrected chi connectivity index (χ2v) is 3.98. The van der Waals surface area contributed by atoms with Gasteiger partial charge in [-0.25, -0.2) is 9.97 Å². The van der Waals surface area contributed by atoms with E-state index in [0.29, 0.717) is 5.88 Å². The van der Waals surface area contributed by atoms with Crippen molar-refractivity contribution in [2.45, 2.75) is 20.3 Å². The van der Waals surface area contributed by atoms with E-state index in [0.717, 1.165) is 29.1 Å². The van der Waals surface area contributed by atoms with Crippen molar-refractivity contribution in [3.63, 3.8) is 0 Å². The number of anilines is 1.